The molecule has 0 heterocycles. The SMILES string of the molecule is NC(CNC(=O)c1ccc(F)c(C(F)(F)F)c1)=NO. The van der Waals surface area contributed by atoms with Gasteiger partial charge in [-0.25, -0.2) is 4.39 Å². The Morgan fingerprint density at radius 2 is 2.05 bits per heavy atom. The van der Waals surface area contributed by atoms with Gasteiger partial charge in [-0.15, -0.1) is 0 Å². The van der Waals surface area contributed by atoms with Gasteiger partial charge >= 0.3 is 6.18 Å². The lowest BCUT2D eigenvalue weighted by atomic mass is 10.1. The van der Waals surface area contributed by atoms with Crippen LogP contribution in [0.4, 0.5) is 17.6 Å². The van der Waals surface area contributed by atoms with Crippen molar-refractivity contribution in [3.05, 3.63) is 35.1 Å². The molecule has 0 atom stereocenters. The maximum absolute atomic E-state index is 13.0. The van der Waals surface area contributed by atoms with E-state index in [9.17, 15) is 22.4 Å². The number of hydrogen-bond donors (Lipinski definition) is 3. The standard InChI is InChI=1S/C10H9F4N3O2/c11-7-2-1-5(3-6(7)10(12,13)14)9(18)16-4-8(15)17-19/h1-3,19H,4H2,(H2,15,17)(H,16,18). The summed E-state index contributed by atoms with van der Waals surface area (Å²) >= 11 is 0. The number of carbonyl (C=O) groups is 1. The first-order valence-electron chi connectivity index (χ1n) is 4.87. The highest BCUT2D eigenvalue weighted by atomic mass is 19.4. The normalized spacial score (nSPS) is 12.3. The molecule has 0 fully saturated rings. The first kappa shape index (κ1) is 14.7. The second-order valence-corrected chi connectivity index (χ2v) is 3.47. The summed E-state index contributed by atoms with van der Waals surface area (Å²) in [5.74, 6) is -2.70. The Morgan fingerprint density at radius 3 is 2.58 bits per heavy atom. The van der Waals surface area contributed by atoms with Gasteiger partial charge in [0.15, 0.2) is 5.84 Å². The van der Waals surface area contributed by atoms with E-state index in [1.807, 2.05) is 0 Å². The van der Waals surface area contributed by atoms with E-state index in [2.05, 4.69) is 10.5 Å². The van der Waals surface area contributed by atoms with Crippen LogP contribution in [0.25, 0.3) is 0 Å². The number of amidine groups is 1. The fourth-order valence-corrected chi connectivity index (χ4v) is 1.19. The van der Waals surface area contributed by atoms with E-state index in [1.54, 1.807) is 0 Å². The number of halogens is 4. The molecule has 1 amide bonds. The van der Waals surface area contributed by atoms with E-state index >= 15 is 0 Å². The van der Waals surface area contributed by atoms with Gasteiger partial charge in [0.05, 0.1) is 12.1 Å². The van der Waals surface area contributed by atoms with Gasteiger partial charge in [0, 0.05) is 5.56 Å². The van der Waals surface area contributed by atoms with Crippen molar-refractivity contribution in [3.63, 3.8) is 0 Å². The first-order valence-corrected chi connectivity index (χ1v) is 4.87. The Morgan fingerprint density at radius 1 is 1.42 bits per heavy atom. The van der Waals surface area contributed by atoms with E-state index in [1.165, 1.54) is 0 Å². The van der Waals surface area contributed by atoms with Crippen LogP contribution in [0.15, 0.2) is 23.4 Å². The van der Waals surface area contributed by atoms with Crippen molar-refractivity contribution in [2.24, 2.45) is 10.9 Å². The van der Waals surface area contributed by atoms with Crippen LogP contribution in [0.3, 0.4) is 0 Å². The van der Waals surface area contributed by atoms with Gasteiger partial charge in [0.2, 0.25) is 0 Å². The molecule has 0 aliphatic carbocycles. The number of amides is 1. The van der Waals surface area contributed by atoms with Crippen molar-refractivity contribution in [1.29, 1.82) is 0 Å². The van der Waals surface area contributed by atoms with Crippen LogP contribution in [-0.4, -0.2) is 23.5 Å². The van der Waals surface area contributed by atoms with E-state index in [0.717, 1.165) is 6.07 Å². The highest BCUT2D eigenvalue weighted by molar-refractivity contribution is 5.97. The topological polar surface area (TPSA) is 87.7 Å². The highest BCUT2D eigenvalue weighted by Crippen LogP contribution is 2.31. The van der Waals surface area contributed by atoms with Crippen LogP contribution >= 0.6 is 0 Å². The zero-order chi connectivity index (χ0) is 14.6. The summed E-state index contributed by atoms with van der Waals surface area (Å²) in [6.45, 7) is -0.353. The van der Waals surface area contributed by atoms with Crippen LogP contribution in [0.2, 0.25) is 0 Å². The first-order chi connectivity index (χ1) is 8.75. The molecule has 9 heteroatoms. The van der Waals surface area contributed by atoms with E-state index in [-0.39, 0.29) is 17.9 Å². The largest absolute Gasteiger partial charge is 0.419 e. The predicted octanol–water partition coefficient (Wildman–Crippen LogP) is 1.32. The molecule has 5 nitrogen and oxygen atoms in total. The van der Waals surface area contributed by atoms with Gasteiger partial charge in [0.1, 0.15) is 5.82 Å². The molecule has 0 aromatic heterocycles. The van der Waals surface area contributed by atoms with E-state index < -0.39 is 23.5 Å². The Balaban J connectivity index is 2.94. The predicted molar refractivity (Wildman–Crippen MR) is 57.1 cm³/mol. The molecule has 0 unspecified atom stereocenters. The summed E-state index contributed by atoms with van der Waals surface area (Å²) < 4.78 is 50.2. The lowest BCUT2D eigenvalue weighted by Crippen LogP contribution is -2.33. The number of carbonyl (C=O) groups excluding carboxylic acids is 1. The summed E-state index contributed by atoms with van der Waals surface area (Å²) in [4.78, 5) is 11.5. The number of benzene rings is 1. The van der Waals surface area contributed by atoms with Crippen LogP contribution in [0, 0.1) is 5.82 Å². The second-order valence-electron chi connectivity index (χ2n) is 3.47. The average Bonchev–Trinajstić information content (AvgIpc) is 2.34. The Hall–Kier alpha value is -2.32. The maximum Gasteiger partial charge on any atom is 0.419 e. The number of nitrogens with zero attached hydrogens (tertiary/aromatic N) is 1. The molecule has 1 rings (SSSR count). The smallest absolute Gasteiger partial charge is 0.409 e. The summed E-state index contributed by atoms with van der Waals surface area (Å²) in [5, 5.41) is 12.9. The number of rotatable bonds is 3. The molecule has 19 heavy (non-hydrogen) atoms. The summed E-state index contributed by atoms with van der Waals surface area (Å²) in [5.41, 5.74) is 3.14. The molecule has 0 saturated carbocycles. The highest BCUT2D eigenvalue weighted by Gasteiger charge is 2.34. The monoisotopic (exact) mass is 279 g/mol. The van der Waals surface area contributed by atoms with Gasteiger partial charge in [0.25, 0.3) is 5.91 Å². The Bertz CT molecular complexity index is 514. The molecular weight excluding hydrogens is 270 g/mol. The molecule has 0 spiro atoms. The van der Waals surface area contributed by atoms with Crippen molar-refractivity contribution in [1.82, 2.24) is 5.32 Å². The minimum absolute atomic E-state index is 0.327. The van der Waals surface area contributed by atoms with E-state index in [0.29, 0.717) is 12.1 Å². The second kappa shape index (κ2) is 5.55. The van der Waals surface area contributed by atoms with Crippen LogP contribution < -0.4 is 11.1 Å². The summed E-state index contributed by atoms with van der Waals surface area (Å²) in [7, 11) is 0. The third kappa shape index (κ3) is 3.83. The number of oxime groups is 1. The van der Waals surface area contributed by atoms with Gasteiger partial charge in [-0.05, 0) is 18.2 Å². The molecule has 0 bridgehead atoms. The van der Waals surface area contributed by atoms with Gasteiger partial charge in [-0.2, -0.15) is 13.2 Å². The van der Waals surface area contributed by atoms with Crippen molar-refractivity contribution in [2.75, 3.05) is 6.54 Å². The molecule has 0 saturated heterocycles. The maximum atomic E-state index is 13.0. The van der Waals surface area contributed by atoms with Crippen molar-refractivity contribution < 1.29 is 27.6 Å². The molecule has 1 aromatic carbocycles. The molecule has 1 aromatic rings. The van der Waals surface area contributed by atoms with E-state index in [4.69, 9.17) is 10.9 Å². The number of alkyl halides is 3. The minimum atomic E-state index is -4.90. The average molecular weight is 279 g/mol. The van der Waals surface area contributed by atoms with Crippen molar-refractivity contribution in [2.45, 2.75) is 6.18 Å². The molecule has 4 N–H and O–H groups in total. The molecule has 0 aliphatic rings. The fourth-order valence-electron chi connectivity index (χ4n) is 1.19. The van der Waals surface area contributed by atoms with Gasteiger partial charge < -0.3 is 16.3 Å². The quantitative estimate of drug-likeness (QED) is 0.256. The summed E-state index contributed by atoms with van der Waals surface area (Å²) in [6.07, 6.45) is -4.90. The number of nitrogens with one attached hydrogen (secondary N) is 1. The Labute approximate surface area is 104 Å². The molecule has 104 valence electrons. The number of hydrogen-bond acceptors (Lipinski definition) is 3. The third-order valence-electron chi connectivity index (χ3n) is 2.09. The fraction of sp³-hybridized carbons (Fsp3) is 0.200. The number of nitrogens with two attached hydrogens (primary N) is 1. The van der Waals surface area contributed by atoms with Crippen LogP contribution in [0.1, 0.15) is 15.9 Å². The van der Waals surface area contributed by atoms with Crippen LogP contribution in [0.5, 0.6) is 0 Å². The minimum Gasteiger partial charge on any atom is -0.409 e. The zero-order valence-corrected chi connectivity index (χ0v) is 9.33. The molecular formula is C10H9F4N3O2. The van der Waals surface area contributed by atoms with Gasteiger partial charge in [-0.3, -0.25) is 4.79 Å². The Kier molecular flexibility index (Phi) is 4.30. The molecule has 0 aliphatic heterocycles. The van der Waals surface area contributed by atoms with Gasteiger partial charge in [-0.1, -0.05) is 5.16 Å². The molecule has 0 radical (unpaired) electrons. The lowest BCUT2D eigenvalue weighted by Gasteiger charge is -2.10. The van der Waals surface area contributed by atoms with Crippen LogP contribution in [-0.2, 0) is 6.18 Å². The lowest BCUT2D eigenvalue weighted by molar-refractivity contribution is -0.140. The third-order valence-corrected chi connectivity index (χ3v) is 2.09. The zero-order valence-electron chi connectivity index (χ0n) is 9.33. The van der Waals surface area contributed by atoms with Crippen molar-refractivity contribution in [3.8, 4) is 0 Å². The summed E-state index contributed by atoms with van der Waals surface area (Å²) in [6, 6.07) is 1.82. The van der Waals surface area contributed by atoms with Crippen molar-refractivity contribution >= 4 is 11.7 Å².